The molecule has 4 heteroatoms. The summed E-state index contributed by atoms with van der Waals surface area (Å²) in [5.41, 5.74) is 0. The van der Waals surface area contributed by atoms with Crippen LogP contribution in [0.4, 0.5) is 0 Å². The number of nitrogens with zero attached hydrogens (tertiary/aromatic N) is 2. The van der Waals surface area contributed by atoms with Gasteiger partial charge in [-0.3, -0.25) is 0 Å². The van der Waals surface area contributed by atoms with Crippen molar-refractivity contribution in [2.45, 2.75) is 19.3 Å². The fraction of sp³-hybridized carbons (Fsp3) is 0.625. The summed E-state index contributed by atoms with van der Waals surface area (Å²) < 4.78 is 12.6. The molecule has 0 aromatic carbocycles. The van der Waals surface area contributed by atoms with Crippen LogP contribution in [-0.4, -0.2) is 28.9 Å². The Bertz CT molecular complexity index is 217. The standard InChI is InChI=1S/C8H12N2O2/c1-4-11-5-8(1)12-7-10-3-2-9-6-10/h2-3,6,8H,1,4-5,7H2. The Kier molecular flexibility index (Phi) is 2.39. The molecule has 0 radical (unpaired) electrons. The predicted octanol–water partition coefficient (Wildman–Crippen LogP) is 0.646. The second-order valence-electron chi connectivity index (χ2n) is 2.86. The predicted molar refractivity (Wildman–Crippen MR) is 42.5 cm³/mol. The van der Waals surface area contributed by atoms with E-state index in [0.717, 1.165) is 19.6 Å². The molecule has 1 aromatic heterocycles. The second kappa shape index (κ2) is 3.69. The van der Waals surface area contributed by atoms with Crippen molar-refractivity contribution in [1.29, 1.82) is 0 Å². The second-order valence-corrected chi connectivity index (χ2v) is 2.86. The van der Waals surface area contributed by atoms with Gasteiger partial charge in [0.05, 0.1) is 19.0 Å². The minimum Gasteiger partial charge on any atom is -0.379 e. The van der Waals surface area contributed by atoms with Gasteiger partial charge in [0.25, 0.3) is 0 Å². The first-order valence-electron chi connectivity index (χ1n) is 4.10. The first kappa shape index (κ1) is 7.76. The van der Waals surface area contributed by atoms with E-state index in [-0.39, 0.29) is 6.10 Å². The summed E-state index contributed by atoms with van der Waals surface area (Å²) in [5.74, 6) is 0. The lowest BCUT2D eigenvalue weighted by Gasteiger charge is -2.09. The van der Waals surface area contributed by atoms with E-state index in [2.05, 4.69) is 4.98 Å². The van der Waals surface area contributed by atoms with E-state index in [1.807, 2.05) is 10.8 Å². The Morgan fingerprint density at radius 1 is 1.67 bits per heavy atom. The van der Waals surface area contributed by atoms with E-state index in [4.69, 9.17) is 9.47 Å². The Labute approximate surface area is 71.1 Å². The van der Waals surface area contributed by atoms with Gasteiger partial charge in [0.15, 0.2) is 0 Å². The van der Waals surface area contributed by atoms with Gasteiger partial charge in [-0.2, -0.15) is 0 Å². The van der Waals surface area contributed by atoms with Gasteiger partial charge in [-0.25, -0.2) is 4.98 Å². The zero-order chi connectivity index (χ0) is 8.23. The number of hydrogen-bond donors (Lipinski definition) is 0. The summed E-state index contributed by atoms with van der Waals surface area (Å²) in [6.07, 6.45) is 6.65. The van der Waals surface area contributed by atoms with Gasteiger partial charge in [0, 0.05) is 19.0 Å². The largest absolute Gasteiger partial charge is 0.379 e. The number of imidazole rings is 1. The van der Waals surface area contributed by atoms with Crippen molar-refractivity contribution in [3.05, 3.63) is 18.7 Å². The number of aromatic nitrogens is 2. The van der Waals surface area contributed by atoms with Gasteiger partial charge in [-0.15, -0.1) is 0 Å². The molecule has 0 N–H and O–H groups in total. The van der Waals surface area contributed by atoms with Crippen molar-refractivity contribution in [3.8, 4) is 0 Å². The number of ether oxygens (including phenoxy) is 2. The molecule has 1 aromatic rings. The van der Waals surface area contributed by atoms with Gasteiger partial charge >= 0.3 is 0 Å². The van der Waals surface area contributed by atoms with Crippen molar-refractivity contribution in [3.63, 3.8) is 0 Å². The van der Waals surface area contributed by atoms with Crippen LogP contribution in [0.25, 0.3) is 0 Å². The molecule has 0 spiro atoms. The topological polar surface area (TPSA) is 36.3 Å². The fourth-order valence-electron chi connectivity index (χ4n) is 1.20. The van der Waals surface area contributed by atoms with Crippen LogP contribution in [0, 0.1) is 0 Å². The molecule has 2 heterocycles. The van der Waals surface area contributed by atoms with Crippen LogP contribution in [0.1, 0.15) is 6.42 Å². The van der Waals surface area contributed by atoms with Crippen LogP contribution >= 0.6 is 0 Å². The molecule has 0 bridgehead atoms. The van der Waals surface area contributed by atoms with E-state index >= 15 is 0 Å². The Hall–Kier alpha value is -0.870. The third kappa shape index (κ3) is 1.84. The number of hydrogen-bond acceptors (Lipinski definition) is 3. The highest BCUT2D eigenvalue weighted by atomic mass is 16.5. The molecule has 0 aliphatic carbocycles. The third-order valence-electron chi connectivity index (χ3n) is 1.91. The fourth-order valence-corrected chi connectivity index (χ4v) is 1.20. The van der Waals surface area contributed by atoms with Crippen molar-refractivity contribution in [1.82, 2.24) is 9.55 Å². The van der Waals surface area contributed by atoms with Crippen LogP contribution in [0.5, 0.6) is 0 Å². The Morgan fingerprint density at radius 2 is 2.67 bits per heavy atom. The van der Waals surface area contributed by atoms with E-state index < -0.39 is 0 Å². The summed E-state index contributed by atoms with van der Waals surface area (Å²) in [5, 5.41) is 0. The van der Waals surface area contributed by atoms with E-state index in [1.165, 1.54) is 0 Å². The van der Waals surface area contributed by atoms with Gasteiger partial charge in [-0.05, 0) is 6.42 Å². The quantitative estimate of drug-likeness (QED) is 0.664. The van der Waals surface area contributed by atoms with Crippen LogP contribution in [0.15, 0.2) is 18.7 Å². The highest BCUT2D eigenvalue weighted by Gasteiger charge is 2.15. The molecule has 1 aliphatic rings. The minimum absolute atomic E-state index is 0.271. The highest BCUT2D eigenvalue weighted by Crippen LogP contribution is 2.08. The first-order chi connectivity index (χ1) is 5.95. The maximum absolute atomic E-state index is 5.55. The lowest BCUT2D eigenvalue weighted by Crippen LogP contribution is -2.14. The molecule has 1 fully saturated rings. The maximum atomic E-state index is 5.55. The molecule has 66 valence electrons. The van der Waals surface area contributed by atoms with Crippen LogP contribution in [0.3, 0.4) is 0 Å². The van der Waals surface area contributed by atoms with E-state index in [1.54, 1.807) is 12.5 Å². The van der Waals surface area contributed by atoms with Crippen LogP contribution in [0.2, 0.25) is 0 Å². The molecule has 0 amide bonds. The molecule has 1 aliphatic heterocycles. The lowest BCUT2D eigenvalue weighted by atomic mass is 10.3. The summed E-state index contributed by atoms with van der Waals surface area (Å²) in [6.45, 7) is 2.14. The Morgan fingerprint density at radius 3 is 3.33 bits per heavy atom. The molecule has 2 rings (SSSR count). The first-order valence-corrected chi connectivity index (χ1v) is 4.10. The molecule has 1 saturated heterocycles. The zero-order valence-corrected chi connectivity index (χ0v) is 6.85. The SMILES string of the molecule is c1cn(COC2CCOC2)cn1. The van der Waals surface area contributed by atoms with Crippen molar-refractivity contribution >= 4 is 0 Å². The van der Waals surface area contributed by atoms with Gasteiger partial charge < -0.3 is 14.0 Å². The smallest absolute Gasteiger partial charge is 0.124 e. The summed E-state index contributed by atoms with van der Waals surface area (Å²) in [7, 11) is 0. The van der Waals surface area contributed by atoms with Crippen molar-refractivity contribution < 1.29 is 9.47 Å². The molecule has 12 heavy (non-hydrogen) atoms. The molecule has 1 unspecified atom stereocenters. The zero-order valence-electron chi connectivity index (χ0n) is 6.85. The van der Waals surface area contributed by atoms with Gasteiger partial charge in [0.2, 0.25) is 0 Å². The summed E-state index contributed by atoms with van der Waals surface area (Å²) in [4.78, 5) is 3.92. The Balaban J connectivity index is 1.74. The summed E-state index contributed by atoms with van der Waals surface area (Å²) >= 11 is 0. The molecule has 4 nitrogen and oxygen atoms in total. The molecule has 1 atom stereocenters. The molecule has 0 saturated carbocycles. The lowest BCUT2D eigenvalue weighted by molar-refractivity contribution is 0.00189. The molecular weight excluding hydrogens is 156 g/mol. The maximum Gasteiger partial charge on any atom is 0.124 e. The third-order valence-corrected chi connectivity index (χ3v) is 1.91. The monoisotopic (exact) mass is 168 g/mol. The van der Waals surface area contributed by atoms with Crippen molar-refractivity contribution in [2.75, 3.05) is 13.2 Å². The minimum atomic E-state index is 0.271. The normalized spacial score (nSPS) is 23.2. The van der Waals surface area contributed by atoms with Crippen LogP contribution < -0.4 is 0 Å². The average molecular weight is 168 g/mol. The number of rotatable bonds is 3. The van der Waals surface area contributed by atoms with E-state index in [0.29, 0.717) is 6.73 Å². The average Bonchev–Trinajstić information content (AvgIpc) is 2.74. The summed E-state index contributed by atoms with van der Waals surface area (Å²) in [6, 6.07) is 0. The van der Waals surface area contributed by atoms with Gasteiger partial charge in [0.1, 0.15) is 6.73 Å². The highest BCUT2D eigenvalue weighted by molar-refractivity contribution is 4.72. The molecular formula is C8H12N2O2. The van der Waals surface area contributed by atoms with Gasteiger partial charge in [-0.1, -0.05) is 0 Å². The van der Waals surface area contributed by atoms with Crippen molar-refractivity contribution in [2.24, 2.45) is 0 Å². The van der Waals surface area contributed by atoms with Crippen LogP contribution in [-0.2, 0) is 16.2 Å². The van der Waals surface area contributed by atoms with E-state index in [9.17, 15) is 0 Å².